The molecule has 0 spiro atoms. The average molecular weight is 442 g/mol. The van der Waals surface area contributed by atoms with E-state index in [4.69, 9.17) is 0 Å². The number of carbonyl (C=O) groups excluding carboxylic acids is 1. The molecule has 2 aliphatic rings. The first-order valence-corrected chi connectivity index (χ1v) is 9.70. The molecule has 1 aromatic carbocycles. The van der Waals surface area contributed by atoms with Crippen LogP contribution in [-0.2, 0) is 25.9 Å². The number of Topliss-reactive ketones (excluding diaryl/α,β-unsaturated/α-hetero) is 1. The second-order valence-corrected chi connectivity index (χ2v) is 7.77. The molecule has 2 unspecified atom stereocenters. The zero-order valence-electron chi connectivity index (χ0n) is 14.8. The van der Waals surface area contributed by atoms with Crippen molar-refractivity contribution < 1.29 is 40.8 Å². The van der Waals surface area contributed by atoms with E-state index in [0.717, 1.165) is 0 Å². The molecule has 0 amide bonds. The number of aliphatic carboxylic acids is 1. The van der Waals surface area contributed by atoms with Gasteiger partial charge >= 0.3 is 12.1 Å². The van der Waals surface area contributed by atoms with Crippen LogP contribution in [0.3, 0.4) is 0 Å². The Morgan fingerprint density at radius 3 is 2.43 bits per heavy atom. The van der Waals surface area contributed by atoms with Crippen LogP contribution in [-0.4, -0.2) is 35.5 Å². The Labute approximate surface area is 167 Å². The molecule has 2 atom stereocenters. The fraction of sp³-hybridized carbons (Fsp3) is 0.167. The molecule has 0 radical (unpaired) electrons. The molecule has 1 aromatic rings. The molecule has 158 valence electrons. The summed E-state index contributed by atoms with van der Waals surface area (Å²) in [6.45, 7) is 0. The number of ketones is 1. The summed E-state index contributed by atoms with van der Waals surface area (Å²) in [6.07, 6.45) is 2.79. The average Bonchev–Trinajstić information content (AvgIpc) is 2.65. The summed E-state index contributed by atoms with van der Waals surface area (Å²) >= 11 is 0. The Morgan fingerprint density at radius 2 is 1.83 bits per heavy atom. The zero-order chi connectivity index (χ0) is 22.3. The predicted octanol–water partition coefficient (Wildman–Crippen LogP) is 2.67. The molecule has 0 saturated heterocycles. The van der Waals surface area contributed by atoms with Gasteiger partial charge in [0, 0.05) is 11.8 Å². The Bertz CT molecular complexity index is 1150. The maximum Gasteiger partial charge on any atom is 0.416 e. The van der Waals surface area contributed by atoms with Crippen molar-refractivity contribution in [1.82, 2.24) is 0 Å². The first kappa shape index (κ1) is 21.5. The molecule has 8 nitrogen and oxygen atoms in total. The summed E-state index contributed by atoms with van der Waals surface area (Å²) in [5, 5.41) is 13.0. The molecular formula is C18H13F3N2O6S. The number of carbonyl (C=O) groups is 2. The molecular weight excluding hydrogens is 429 g/mol. The van der Waals surface area contributed by atoms with Gasteiger partial charge in [-0.05, 0) is 18.2 Å². The Balaban J connectivity index is 2.08. The van der Waals surface area contributed by atoms with Crippen LogP contribution in [0.4, 0.5) is 18.9 Å². The van der Waals surface area contributed by atoms with Gasteiger partial charge in [0.05, 0.1) is 11.3 Å². The van der Waals surface area contributed by atoms with Crippen molar-refractivity contribution in [1.29, 1.82) is 0 Å². The van der Waals surface area contributed by atoms with Gasteiger partial charge in [-0.2, -0.15) is 26.7 Å². The minimum absolute atomic E-state index is 0.334. The van der Waals surface area contributed by atoms with E-state index in [1.54, 1.807) is 24.3 Å². The number of anilines is 1. The maximum atomic E-state index is 13.0. The van der Waals surface area contributed by atoms with Crippen molar-refractivity contribution in [2.75, 3.05) is 5.43 Å². The van der Waals surface area contributed by atoms with E-state index in [1.807, 2.05) is 0 Å². The van der Waals surface area contributed by atoms with Gasteiger partial charge in [-0.3, -0.25) is 14.8 Å². The van der Waals surface area contributed by atoms with Crippen molar-refractivity contribution in [3.05, 3.63) is 59.7 Å². The fourth-order valence-corrected chi connectivity index (χ4v) is 3.67. The van der Waals surface area contributed by atoms with E-state index >= 15 is 0 Å². The number of carboxylic acid groups (broad SMARTS) is 1. The lowest BCUT2D eigenvalue weighted by Gasteiger charge is -2.27. The zero-order valence-corrected chi connectivity index (χ0v) is 15.6. The van der Waals surface area contributed by atoms with E-state index < -0.39 is 61.6 Å². The number of alkyl halides is 3. The molecule has 3 rings (SSSR count). The highest BCUT2D eigenvalue weighted by atomic mass is 32.2. The van der Waals surface area contributed by atoms with Crippen molar-refractivity contribution in [2.24, 2.45) is 16.9 Å². The number of carboxylic acids is 1. The molecule has 3 N–H and O–H groups in total. The summed E-state index contributed by atoms with van der Waals surface area (Å²) in [5.41, 5.74) is -0.788. The van der Waals surface area contributed by atoms with Crippen molar-refractivity contribution in [3.63, 3.8) is 0 Å². The van der Waals surface area contributed by atoms with Gasteiger partial charge in [-0.15, -0.1) is 0 Å². The monoisotopic (exact) mass is 442 g/mol. The van der Waals surface area contributed by atoms with Crippen LogP contribution in [0, 0.1) is 11.8 Å². The second-order valence-electron chi connectivity index (χ2n) is 6.38. The summed E-state index contributed by atoms with van der Waals surface area (Å²) < 4.78 is 71.3. The topological polar surface area (TPSA) is 133 Å². The van der Waals surface area contributed by atoms with Gasteiger partial charge in [0.1, 0.15) is 16.2 Å². The van der Waals surface area contributed by atoms with Crippen molar-refractivity contribution in [3.8, 4) is 0 Å². The van der Waals surface area contributed by atoms with Crippen LogP contribution in [0.1, 0.15) is 5.56 Å². The normalized spacial score (nSPS) is 22.6. The van der Waals surface area contributed by atoms with E-state index in [0.29, 0.717) is 18.2 Å². The Kier molecular flexibility index (Phi) is 5.39. The third-order valence-electron chi connectivity index (χ3n) is 4.44. The molecule has 0 aliphatic heterocycles. The number of nitrogens with zero attached hydrogens (tertiary/aromatic N) is 1. The van der Waals surface area contributed by atoms with Crippen molar-refractivity contribution >= 4 is 33.3 Å². The third-order valence-corrected chi connectivity index (χ3v) is 5.35. The number of fused-ring (bicyclic) bond motifs is 1. The maximum absolute atomic E-state index is 13.0. The highest BCUT2D eigenvalue weighted by Crippen LogP contribution is 2.34. The predicted molar refractivity (Wildman–Crippen MR) is 98.3 cm³/mol. The first-order valence-electron chi connectivity index (χ1n) is 8.26. The molecule has 2 aliphatic carbocycles. The van der Waals surface area contributed by atoms with Gasteiger partial charge in [-0.1, -0.05) is 30.4 Å². The number of nitrogens with one attached hydrogen (secondary N) is 1. The van der Waals surface area contributed by atoms with E-state index in [-0.39, 0.29) is 5.71 Å². The number of hydrazone groups is 1. The minimum atomic E-state index is -4.92. The molecule has 0 bridgehead atoms. The molecule has 12 heteroatoms. The summed E-state index contributed by atoms with van der Waals surface area (Å²) in [7, 11) is -4.92. The van der Waals surface area contributed by atoms with Gasteiger partial charge < -0.3 is 5.11 Å². The largest absolute Gasteiger partial charge is 0.478 e. The van der Waals surface area contributed by atoms with E-state index in [9.17, 15) is 40.8 Å². The standard InChI is InChI=1S/C18H13F3N2O6S/c19-18(20,21)10-5-6-14(30(27,28)29)13(8-10)22-23-15-11-4-2-1-3-9(11)7-12(16(15)24)17(25)26/h1-9,11,22H,(H,25,26)(H,27,28,29)/b23-15-. The summed E-state index contributed by atoms with van der Waals surface area (Å²) in [6, 6.07) is 1.41. The Morgan fingerprint density at radius 1 is 1.17 bits per heavy atom. The minimum Gasteiger partial charge on any atom is -0.478 e. The summed E-state index contributed by atoms with van der Waals surface area (Å²) in [5.74, 6) is -3.73. The number of hydrogen-bond acceptors (Lipinski definition) is 6. The first-order chi connectivity index (χ1) is 13.9. The van der Waals surface area contributed by atoms with Gasteiger partial charge in [0.25, 0.3) is 10.1 Å². The molecule has 0 saturated carbocycles. The smallest absolute Gasteiger partial charge is 0.416 e. The van der Waals surface area contributed by atoms with E-state index in [1.165, 1.54) is 6.08 Å². The lowest BCUT2D eigenvalue weighted by atomic mass is 9.76. The van der Waals surface area contributed by atoms with Crippen LogP contribution >= 0.6 is 0 Å². The molecule has 0 heterocycles. The summed E-state index contributed by atoms with van der Waals surface area (Å²) in [4.78, 5) is 23.0. The van der Waals surface area contributed by atoms with Crippen LogP contribution < -0.4 is 5.43 Å². The second kappa shape index (κ2) is 7.54. The number of halogens is 3. The van der Waals surface area contributed by atoms with Crippen molar-refractivity contribution in [2.45, 2.75) is 11.1 Å². The van der Waals surface area contributed by atoms with Crippen LogP contribution in [0.2, 0.25) is 0 Å². The van der Waals surface area contributed by atoms with Gasteiger partial charge in [0.15, 0.2) is 0 Å². The van der Waals surface area contributed by atoms with E-state index in [2.05, 4.69) is 10.5 Å². The number of allylic oxidation sites excluding steroid dienone is 5. The van der Waals surface area contributed by atoms with Crippen LogP contribution in [0.15, 0.2) is 64.1 Å². The highest BCUT2D eigenvalue weighted by Gasteiger charge is 2.37. The van der Waals surface area contributed by atoms with Crippen LogP contribution in [0.5, 0.6) is 0 Å². The lowest BCUT2D eigenvalue weighted by Crippen LogP contribution is -2.37. The molecule has 0 aromatic heterocycles. The molecule has 30 heavy (non-hydrogen) atoms. The number of hydrogen-bond donors (Lipinski definition) is 3. The molecule has 0 fully saturated rings. The van der Waals surface area contributed by atoms with Gasteiger partial charge in [-0.25, -0.2) is 4.79 Å². The quantitative estimate of drug-likeness (QED) is 0.371. The third kappa shape index (κ3) is 4.19. The number of benzene rings is 1. The Hall–Kier alpha value is -3.25. The van der Waals surface area contributed by atoms with Gasteiger partial charge in [0.2, 0.25) is 5.78 Å². The fourth-order valence-electron chi connectivity index (χ4n) is 3.05. The SMILES string of the molecule is O=C(O)C1=CC2C=CC=CC2/C(=N/Nc2cc(C(F)(F)F)ccc2S(=O)(=O)O)C1=O. The lowest BCUT2D eigenvalue weighted by molar-refractivity contribution is -0.137. The highest BCUT2D eigenvalue weighted by molar-refractivity contribution is 7.86. The number of rotatable bonds is 4. The van der Waals surface area contributed by atoms with Crippen LogP contribution in [0.25, 0.3) is 0 Å².